The number of hydrogen-bond donors (Lipinski definition) is 23. The summed E-state index contributed by atoms with van der Waals surface area (Å²) in [6, 6.07) is -5.29. The highest BCUT2D eigenvalue weighted by Gasteiger charge is 2.41. The molecule has 13 unspecified atom stereocenters. The van der Waals surface area contributed by atoms with Crippen LogP contribution in [0.5, 0.6) is 0 Å². The number of nitrogen functional groups attached to an aromatic ring is 2. The molecule has 3 aromatic carbocycles. The molecular formula is C79H106N18O27. The van der Waals surface area contributed by atoms with Crippen molar-refractivity contribution in [2.45, 2.75) is 209 Å². The molecule has 4 aromatic rings. The summed E-state index contributed by atoms with van der Waals surface area (Å²) in [6.45, 7) is 0.833. The number of rotatable bonds is 37. The molecule has 0 radical (unpaired) electrons. The van der Waals surface area contributed by atoms with Gasteiger partial charge in [0.25, 0.3) is 5.91 Å². The number of nitrogens with one attached hydrogen (secondary N) is 15. The number of fused-ring (bicyclic) bond motifs is 1. The first-order chi connectivity index (χ1) is 58.7. The van der Waals surface area contributed by atoms with Crippen LogP contribution in [0.4, 0.5) is 11.4 Å². The van der Waals surface area contributed by atoms with Crippen LogP contribution in [0.3, 0.4) is 0 Å². The van der Waals surface area contributed by atoms with Crippen LogP contribution in [-0.4, -0.2) is 254 Å². The molecule has 0 spiro atoms. The predicted molar refractivity (Wildman–Crippen MR) is 434 cm³/mol. The largest absolute Gasteiger partial charge is 0.481 e. The van der Waals surface area contributed by atoms with E-state index < -0.39 is 267 Å². The van der Waals surface area contributed by atoms with Crippen LogP contribution in [0.2, 0.25) is 0 Å². The quantitative estimate of drug-likeness (QED) is 0.00875. The number of unbranched alkanes of at least 4 members (excludes halogenated alkanes) is 6. The molecule has 1 fully saturated rings. The van der Waals surface area contributed by atoms with E-state index in [4.69, 9.17) is 21.9 Å². The Labute approximate surface area is 708 Å². The number of carboxylic acid groups (broad SMARTS) is 4. The topological polar surface area (TPSA) is 731 Å². The maximum absolute atomic E-state index is 15.0. The van der Waals surface area contributed by atoms with Gasteiger partial charge in [0, 0.05) is 59.8 Å². The molecule has 0 aliphatic carbocycles. The van der Waals surface area contributed by atoms with Crippen molar-refractivity contribution in [1.82, 2.24) is 79.4 Å². The van der Waals surface area contributed by atoms with Crippen LogP contribution in [0.1, 0.15) is 157 Å². The SMILES string of the molecule is CCCCCCCCCC(=O)NC(Cc1c[nH]c2ccccc12)C(=O)NC(CC(N)=O)C(=O)NC(CC(=O)O)C(=O)NC1C(=O)NCC(=O)NC(CCCNC(=O)c2ccccc2N)C(=O)NC(CC(=O)O)C(=O)NC(C)C(=O)NC(CC(=O)O)C(=O)NCC(=O)NC(CO)C(=O)NC(C(C)CC(=O)O)C(=O)NC(CC(=O)c2ccccc2N)C(=O)OC1C. The molecule has 0 bridgehead atoms. The lowest BCUT2D eigenvalue weighted by atomic mass is 9.96. The number of benzene rings is 3. The summed E-state index contributed by atoms with van der Waals surface area (Å²) in [5, 5.41) is 81.7. The highest BCUT2D eigenvalue weighted by Crippen LogP contribution is 2.22. The number of para-hydroxylation sites is 3. The first kappa shape index (κ1) is 100. The predicted octanol–water partition coefficient (Wildman–Crippen LogP) is -4.57. The summed E-state index contributed by atoms with van der Waals surface area (Å²) in [4.78, 5) is 292. The van der Waals surface area contributed by atoms with Crippen molar-refractivity contribution < 1.29 is 131 Å². The van der Waals surface area contributed by atoms with Gasteiger partial charge in [0.15, 0.2) is 5.78 Å². The van der Waals surface area contributed by atoms with Gasteiger partial charge in [-0.3, -0.25) is 95.9 Å². The fourth-order valence-corrected chi connectivity index (χ4v) is 12.7. The fourth-order valence-electron chi connectivity index (χ4n) is 12.7. The number of aliphatic hydroxyl groups excluding tert-OH is 1. The number of aliphatic hydroxyl groups is 1. The molecule has 26 N–H and O–H groups in total. The van der Waals surface area contributed by atoms with Gasteiger partial charge in [0.2, 0.25) is 82.7 Å². The van der Waals surface area contributed by atoms with Crippen LogP contribution in [0.25, 0.3) is 10.9 Å². The van der Waals surface area contributed by atoms with E-state index in [9.17, 15) is 126 Å². The number of amides is 15. The highest BCUT2D eigenvalue weighted by atomic mass is 16.5. The fraction of sp³-hybridized carbons (Fsp3) is 0.481. The number of hydrogen-bond acceptors (Lipinski definition) is 25. The average molecular weight is 1740 g/mol. The van der Waals surface area contributed by atoms with Gasteiger partial charge in [-0.2, -0.15) is 0 Å². The van der Waals surface area contributed by atoms with Gasteiger partial charge in [-0.25, -0.2) is 4.79 Å². The first-order valence-corrected chi connectivity index (χ1v) is 39.6. The van der Waals surface area contributed by atoms with Crippen LogP contribution in [-0.2, 0) is 102 Å². The number of ketones is 1. The first-order valence-electron chi connectivity index (χ1n) is 39.6. The summed E-state index contributed by atoms with van der Waals surface area (Å²) >= 11 is 0. The molecule has 45 nitrogen and oxygen atoms in total. The molecular weight excluding hydrogens is 1630 g/mol. The number of anilines is 2. The summed E-state index contributed by atoms with van der Waals surface area (Å²) in [5.41, 5.74) is 18.4. The number of cyclic esters (lactones) is 1. The minimum absolute atomic E-state index is 0.0132. The highest BCUT2D eigenvalue weighted by molar-refractivity contribution is 6.06. The van der Waals surface area contributed by atoms with Gasteiger partial charge in [-0.1, -0.05) is 94.8 Å². The van der Waals surface area contributed by atoms with E-state index in [1.165, 1.54) is 48.5 Å². The van der Waals surface area contributed by atoms with E-state index in [1.54, 1.807) is 30.5 Å². The number of esters is 1. The second-order valence-corrected chi connectivity index (χ2v) is 29.3. The Morgan fingerprint density at radius 2 is 1.04 bits per heavy atom. The van der Waals surface area contributed by atoms with Crippen molar-refractivity contribution >= 4 is 147 Å². The molecule has 2 heterocycles. The van der Waals surface area contributed by atoms with Gasteiger partial charge in [0.05, 0.1) is 57.4 Å². The van der Waals surface area contributed by atoms with Gasteiger partial charge in [0.1, 0.15) is 72.6 Å². The summed E-state index contributed by atoms with van der Waals surface area (Å²) in [5.74, 6) is -31.0. The second kappa shape index (κ2) is 50.2. The molecule has 1 saturated heterocycles. The Hall–Kier alpha value is -14.2. The van der Waals surface area contributed by atoms with Crippen molar-refractivity contribution in [2.75, 3.05) is 37.7 Å². The van der Waals surface area contributed by atoms with Gasteiger partial charge >= 0.3 is 29.8 Å². The van der Waals surface area contributed by atoms with Crippen LogP contribution >= 0.6 is 0 Å². The molecule has 1 aliphatic heterocycles. The Kier molecular flexibility index (Phi) is 40.6. The molecule has 0 saturated carbocycles. The second-order valence-electron chi connectivity index (χ2n) is 29.3. The van der Waals surface area contributed by atoms with E-state index in [0.717, 1.165) is 52.9 Å². The van der Waals surface area contributed by atoms with E-state index in [0.29, 0.717) is 29.3 Å². The lowest BCUT2D eigenvalue weighted by Crippen LogP contribution is -2.62. The molecule has 15 amide bonds. The van der Waals surface area contributed by atoms with Crippen molar-refractivity contribution in [3.8, 4) is 0 Å². The van der Waals surface area contributed by atoms with E-state index in [-0.39, 0.29) is 48.3 Å². The number of aliphatic carboxylic acids is 4. The standard InChI is InChI=1S/C79H106N18O27/c1-5-6-7-8-9-10-11-26-59(101)89-50(29-42-35-84-48-24-17-14-19-43(42)48)73(117)92-51(31-58(82)100)74(118)94-54(34-65(110)111)75(119)97-67-41(4)124-79(123)55(30-57(99)44-20-12-15-22-46(44)80)95-78(122)66(39(2)28-62(104)105)96-76(120)56(38-98)90-61(103)36-85-70(114)52(32-63(106)107)91-68(112)40(3)87-72(116)53(33-64(108)109)93-71(115)49(88-60(102)37-86-77(67)121)25-18-27-83-69(113)45-21-13-16-23-47(45)81/h12-17,19-24,35,39-41,49-56,66-67,84,98H,5-11,18,25-34,36-38,80-81H2,1-4H3,(H2,82,100)(H,83,113)(H,85,114)(H,86,121)(H,87,116)(H,88,102)(H,89,101)(H,90,103)(H,91,112)(H,92,117)(H,93,115)(H,94,118)(H,95,122)(H,96,120)(H,97,119)(H,104,105)(H,106,107)(H,108,109)(H,110,111). The molecule has 5 rings (SSSR count). The third kappa shape index (κ3) is 33.4. The molecule has 45 heteroatoms. The summed E-state index contributed by atoms with van der Waals surface area (Å²) < 4.78 is 5.72. The van der Waals surface area contributed by atoms with E-state index in [1.807, 2.05) is 16.0 Å². The van der Waals surface area contributed by atoms with Gasteiger partial charge < -0.3 is 127 Å². The summed E-state index contributed by atoms with van der Waals surface area (Å²) in [6.07, 6.45) is -2.96. The number of carbonyl (C=O) groups is 21. The molecule has 1 aliphatic rings. The zero-order chi connectivity index (χ0) is 92.0. The van der Waals surface area contributed by atoms with Crippen LogP contribution in [0.15, 0.2) is 79.0 Å². The Balaban J connectivity index is 1.64. The number of nitrogens with two attached hydrogens (primary N) is 3. The Bertz CT molecular complexity index is 4580. The van der Waals surface area contributed by atoms with Gasteiger partial charge in [-0.05, 0) is 74.9 Å². The lowest BCUT2D eigenvalue weighted by Gasteiger charge is -2.30. The van der Waals surface area contributed by atoms with Crippen molar-refractivity contribution in [3.05, 3.63) is 95.7 Å². The summed E-state index contributed by atoms with van der Waals surface area (Å²) in [7, 11) is 0. The number of primary amides is 1. The number of ether oxygens (including phenoxy) is 1. The molecule has 674 valence electrons. The van der Waals surface area contributed by atoms with E-state index >= 15 is 0 Å². The number of aromatic amines is 1. The monoisotopic (exact) mass is 1740 g/mol. The lowest BCUT2D eigenvalue weighted by molar-refractivity contribution is -0.156. The molecule has 13 atom stereocenters. The Morgan fingerprint density at radius 1 is 0.516 bits per heavy atom. The normalized spacial score (nSPS) is 20.4. The zero-order valence-corrected chi connectivity index (χ0v) is 68.3. The molecule has 124 heavy (non-hydrogen) atoms. The Morgan fingerprint density at radius 3 is 1.64 bits per heavy atom. The van der Waals surface area contributed by atoms with Crippen molar-refractivity contribution in [1.29, 1.82) is 0 Å². The number of Topliss-reactive ketones (excluding diaryl/α,β-unsaturated/α-hetero) is 1. The third-order valence-corrected chi connectivity index (χ3v) is 19.3. The zero-order valence-electron chi connectivity index (χ0n) is 68.3. The average Bonchev–Trinajstić information content (AvgIpc) is 1.67. The van der Waals surface area contributed by atoms with Gasteiger partial charge in [-0.15, -0.1) is 0 Å². The number of carboxylic acids is 4. The van der Waals surface area contributed by atoms with Crippen molar-refractivity contribution in [3.63, 3.8) is 0 Å². The number of carbonyl (C=O) groups excluding carboxylic acids is 17. The van der Waals surface area contributed by atoms with Crippen molar-refractivity contribution in [2.24, 2.45) is 11.7 Å². The minimum Gasteiger partial charge on any atom is -0.481 e. The number of aromatic nitrogens is 1. The third-order valence-electron chi connectivity index (χ3n) is 19.3. The maximum Gasteiger partial charge on any atom is 0.329 e. The van der Waals surface area contributed by atoms with Crippen LogP contribution < -0.4 is 91.6 Å². The van der Waals surface area contributed by atoms with Crippen LogP contribution in [0, 0.1) is 5.92 Å². The molecule has 1 aromatic heterocycles. The smallest absolute Gasteiger partial charge is 0.329 e. The number of H-pyrrole nitrogens is 1. The maximum atomic E-state index is 15.0. The minimum atomic E-state index is -2.50. The van der Waals surface area contributed by atoms with E-state index in [2.05, 4.69) is 70.4 Å².